The van der Waals surface area contributed by atoms with Crippen LogP contribution in [0.25, 0.3) is 5.82 Å². The predicted molar refractivity (Wildman–Crippen MR) is 87.6 cm³/mol. The summed E-state index contributed by atoms with van der Waals surface area (Å²) in [5.41, 5.74) is 0.515. The summed E-state index contributed by atoms with van der Waals surface area (Å²) in [5.74, 6) is 0.128. The minimum Gasteiger partial charge on any atom is -0.391 e. The van der Waals surface area contributed by atoms with Gasteiger partial charge in [-0.1, -0.05) is 0 Å². The van der Waals surface area contributed by atoms with E-state index in [-0.39, 0.29) is 30.7 Å². The molecule has 2 amide bonds. The van der Waals surface area contributed by atoms with E-state index in [1.807, 2.05) is 29.1 Å². The molecule has 1 saturated heterocycles. The van der Waals surface area contributed by atoms with Crippen molar-refractivity contribution in [2.75, 3.05) is 20.1 Å². The summed E-state index contributed by atoms with van der Waals surface area (Å²) >= 11 is 0. The van der Waals surface area contributed by atoms with Gasteiger partial charge in [0.05, 0.1) is 6.10 Å². The fourth-order valence-corrected chi connectivity index (χ4v) is 2.92. The highest BCUT2D eigenvalue weighted by Crippen LogP contribution is 2.22. The van der Waals surface area contributed by atoms with Gasteiger partial charge in [-0.05, 0) is 24.3 Å². The molecule has 0 aromatic carbocycles. The van der Waals surface area contributed by atoms with Crippen LogP contribution in [0.4, 0.5) is 0 Å². The maximum absolute atomic E-state index is 12.7. The van der Waals surface area contributed by atoms with E-state index in [1.165, 1.54) is 0 Å². The van der Waals surface area contributed by atoms with Crippen molar-refractivity contribution in [2.45, 2.75) is 12.5 Å². The molecular weight excluding hydrogens is 308 g/mol. The summed E-state index contributed by atoms with van der Waals surface area (Å²) in [6, 6.07) is 7.15. The van der Waals surface area contributed by atoms with Crippen LogP contribution in [0.1, 0.15) is 16.8 Å². The Bertz CT molecular complexity index is 729. The number of aliphatic hydroxyl groups excluding tert-OH is 1. The number of carbonyl (C=O) groups is 2. The first-order chi connectivity index (χ1) is 11.6. The molecule has 1 aliphatic rings. The summed E-state index contributed by atoms with van der Waals surface area (Å²) < 4.78 is 1.82. The van der Waals surface area contributed by atoms with Gasteiger partial charge < -0.3 is 19.9 Å². The molecule has 0 bridgehead atoms. The summed E-state index contributed by atoms with van der Waals surface area (Å²) in [5, 5.41) is 12.7. The highest BCUT2D eigenvalue weighted by atomic mass is 16.3. The Morgan fingerprint density at radius 3 is 2.79 bits per heavy atom. The number of amides is 2. The lowest BCUT2D eigenvalue weighted by Gasteiger charge is -2.16. The van der Waals surface area contributed by atoms with Crippen LogP contribution >= 0.6 is 0 Å². The molecule has 7 heteroatoms. The second-order valence-corrected chi connectivity index (χ2v) is 5.91. The summed E-state index contributed by atoms with van der Waals surface area (Å²) in [4.78, 5) is 30.0. The van der Waals surface area contributed by atoms with Crippen molar-refractivity contribution in [3.63, 3.8) is 0 Å². The molecule has 3 rings (SSSR count). The fraction of sp³-hybridized carbons (Fsp3) is 0.353. The number of hydrogen-bond donors (Lipinski definition) is 2. The summed E-state index contributed by atoms with van der Waals surface area (Å²) in [7, 11) is 1.56. The number of rotatable bonds is 4. The summed E-state index contributed by atoms with van der Waals surface area (Å²) in [6.07, 6.45) is 4.84. The van der Waals surface area contributed by atoms with E-state index in [0.717, 1.165) is 0 Å². The van der Waals surface area contributed by atoms with E-state index < -0.39 is 6.10 Å². The molecule has 0 radical (unpaired) electrons. The van der Waals surface area contributed by atoms with Crippen molar-refractivity contribution in [1.82, 2.24) is 19.8 Å². The molecule has 0 spiro atoms. The van der Waals surface area contributed by atoms with Crippen LogP contribution in [-0.4, -0.2) is 57.6 Å². The van der Waals surface area contributed by atoms with E-state index in [2.05, 4.69) is 10.3 Å². The van der Waals surface area contributed by atoms with Crippen molar-refractivity contribution < 1.29 is 14.7 Å². The maximum Gasteiger partial charge on any atom is 0.254 e. The Labute approximate surface area is 139 Å². The standard InChI is InChI=1S/C17H20N4O3/c1-18-16(23)9-13-10-21(11-14(13)22)17(24)12-4-5-19-15(8-12)20-6-2-3-7-20/h2-8,13-14,22H,9-11H2,1H3,(H,18,23)/t13-,14-/m1/s1. The molecule has 3 heterocycles. The number of aromatic nitrogens is 2. The zero-order chi connectivity index (χ0) is 17.1. The van der Waals surface area contributed by atoms with E-state index in [1.54, 1.807) is 30.3 Å². The average Bonchev–Trinajstić information content (AvgIpc) is 3.25. The molecule has 1 aliphatic heterocycles. The molecule has 0 saturated carbocycles. The van der Waals surface area contributed by atoms with E-state index in [4.69, 9.17) is 0 Å². The topological polar surface area (TPSA) is 87.5 Å². The first-order valence-electron chi connectivity index (χ1n) is 7.86. The molecule has 126 valence electrons. The number of nitrogens with one attached hydrogen (secondary N) is 1. The molecule has 2 aromatic heterocycles. The molecule has 2 N–H and O–H groups in total. The van der Waals surface area contributed by atoms with Gasteiger partial charge in [-0.2, -0.15) is 0 Å². The molecule has 24 heavy (non-hydrogen) atoms. The van der Waals surface area contributed by atoms with Crippen LogP contribution in [-0.2, 0) is 4.79 Å². The second kappa shape index (κ2) is 6.84. The van der Waals surface area contributed by atoms with Crippen molar-refractivity contribution >= 4 is 11.8 Å². The minimum atomic E-state index is -0.683. The van der Waals surface area contributed by atoms with E-state index in [0.29, 0.717) is 17.9 Å². The third-order valence-electron chi connectivity index (χ3n) is 4.28. The normalized spacial score (nSPS) is 20.2. The van der Waals surface area contributed by atoms with Crippen molar-refractivity contribution in [1.29, 1.82) is 0 Å². The molecule has 2 atom stereocenters. The predicted octanol–water partition coefficient (Wildman–Crippen LogP) is 0.441. The molecular formula is C17H20N4O3. The Morgan fingerprint density at radius 2 is 2.08 bits per heavy atom. The van der Waals surface area contributed by atoms with Crippen LogP contribution in [0.2, 0.25) is 0 Å². The Balaban J connectivity index is 1.73. The largest absolute Gasteiger partial charge is 0.391 e. The van der Waals surface area contributed by atoms with Gasteiger partial charge in [0.15, 0.2) is 0 Å². The molecule has 2 aromatic rings. The zero-order valence-corrected chi connectivity index (χ0v) is 13.4. The number of hydrogen-bond acceptors (Lipinski definition) is 4. The Kier molecular flexibility index (Phi) is 4.61. The van der Waals surface area contributed by atoms with Gasteiger partial charge in [0, 0.05) is 56.6 Å². The quantitative estimate of drug-likeness (QED) is 0.853. The van der Waals surface area contributed by atoms with E-state index >= 15 is 0 Å². The van der Waals surface area contributed by atoms with Crippen LogP contribution < -0.4 is 5.32 Å². The molecule has 0 aliphatic carbocycles. The third kappa shape index (κ3) is 3.30. The lowest BCUT2D eigenvalue weighted by atomic mass is 10.0. The highest BCUT2D eigenvalue weighted by Gasteiger charge is 2.35. The van der Waals surface area contributed by atoms with Gasteiger partial charge in [0.25, 0.3) is 5.91 Å². The highest BCUT2D eigenvalue weighted by molar-refractivity contribution is 5.94. The van der Waals surface area contributed by atoms with Crippen LogP contribution in [0.3, 0.4) is 0 Å². The number of carbonyl (C=O) groups excluding carboxylic acids is 2. The van der Waals surface area contributed by atoms with Gasteiger partial charge in [0.1, 0.15) is 5.82 Å². The van der Waals surface area contributed by atoms with Crippen molar-refractivity contribution in [3.05, 3.63) is 48.4 Å². The SMILES string of the molecule is CNC(=O)C[C@@H]1CN(C(=O)c2ccnc(-n3cccc3)c2)C[C@H]1O. The van der Waals surface area contributed by atoms with Crippen LogP contribution in [0, 0.1) is 5.92 Å². The van der Waals surface area contributed by atoms with E-state index in [9.17, 15) is 14.7 Å². The molecule has 7 nitrogen and oxygen atoms in total. The zero-order valence-electron chi connectivity index (χ0n) is 13.4. The van der Waals surface area contributed by atoms with Crippen molar-refractivity contribution in [2.24, 2.45) is 5.92 Å². The lowest BCUT2D eigenvalue weighted by Crippen LogP contribution is -2.30. The van der Waals surface area contributed by atoms with Crippen LogP contribution in [0.15, 0.2) is 42.9 Å². The first kappa shape index (κ1) is 16.2. The second-order valence-electron chi connectivity index (χ2n) is 5.91. The number of aliphatic hydroxyl groups is 1. The lowest BCUT2D eigenvalue weighted by molar-refractivity contribution is -0.122. The van der Waals surface area contributed by atoms with Gasteiger partial charge in [0.2, 0.25) is 5.91 Å². The first-order valence-corrected chi connectivity index (χ1v) is 7.86. The molecule has 1 fully saturated rings. The number of β-amino-alcohol motifs (C(OH)–C–C–N with tert-alkyl or cyclic N) is 1. The fourth-order valence-electron chi connectivity index (χ4n) is 2.92. The average molecular weight is 328 g/mol. The summed E-state index contributed by atoms with van der Waals surface area (Å²) in [6.45, 7) is 0.607. The van der Waals surface area contributed by atoms with Gasteiger partial charge in [-0.15, -0.1) is 0 Å². The van der Waals surface area contributed by atoms with Crippen LogP contribution in [0.5, 0.6) is 0 Å². The Morgan fingerprint density at radius 1 is 1.33 bits per heavy atom. The monoisotopic (exact) mass is 328 g/mol. The smallest absolute Gasteiger partial charge is 0.254 e. The Hall–Kier alpha value is -2.67. The molecule has 0 unspecified atom stereocenters. The van der Waals surface area contributed by atoms with Gasteiger partial charge in [-0.25, -0.2) is 4.98 Å². The number of nitrogens with zero attached hydrogens (tertiary/aromatic N) is 3. The third-order valence-corrected chi connectivity index (χ3v) is 4.28. The van der Waals surface area contributed by atoms with Crippen molar-refractivity contribution in [3.8, 4) is 5.82 Å². The van der Waals surface area contributed by atoms with Gasteiger partial charge >= 0.3 is 0 Å². The number of pyridine rings is 1. The number of likely N-dealkylation sites (tertiary alicyclic amines) is 1. The maximum atomic E-state index is 12.7. The van der Waals surface area contributed by atoms with Gasteiger partial charge in [-0.3, -0.25) is 9.59 Å². The minimum absolute atomic E-state index is 0.132.